The summed E-state index contributed by atoms with van der Waals surface area (Å²) in [5.74, 6) is 3.30. The first-order chi connectivity index (χ1) is 8.11. The smallest absolute Gasteiger partial charge is 0.264 e. The van der Waals surface area contributed by atoms with Gasteiger partial charge in [0.15, 0.2) is 0 Å². The number of aryl methyl sites for hydroxylation is 1. The van der Waals surface area contributed by atoms with Crippen molar-refractivity contribution in [2.45, 2.75) is 19.8 Å². The van der Waals surface area contributed by atoms with E-state index in [1.54, 1.807) is 4.90 Å². The molecular formula is C13H14BrNOS. The molecule has 0 N–H and O–H groups in total. The molecule has 2 rings (SSSR count). The standard InChI is InChI=1S/C13H14BrNOS/c1-3-6-15(8-10-4-5-10)13(16)11-7-9(2)12(14)17-11/h1,7,10H,4-6,8H2,2H3. The molecule has 1 saturated carbocycles. The van der Waals surface area contributed by atoms with Crippen LogP contribution in [0.25, 0.3) is 0 Å². The molecule has 1 aromatic rings. The molecule has 1 aliphatic rings. The lowest BCUT2D eigenvalue weighted by Gasteiger charge is -2.18. The SMILES string of the molecule is C#CCN(CC1CC1)C(=O)c1cc(C)c(Br)s1. The number of amides is 1. The lowest BCUT2D eigenvalue weighted by Crippen LogP contribution is -2.32. The van der Waals surface area contributed by atoms with Gasteiger partial charge in [0.05, 0.1) is 15.2 Å². The van der Waals surface area contributed by atoms with E-state index in [2.05, 4.69) is 21.9 Å². The van der Waals surface area contributed by atoms with Gasteiger partial charge >= 0.3 is 0 Å². The molecule has 0 radical (unpaired) electrons. The maximum atomic E-state index is 12.3. The van der Waals surface area contributed by atoms with E-state index in [1.165, 1.54) is 24.2 Å². The van der Waals surface area contributed by atoms with Gasteiger partial charge in [-0.15, -0.1) is 17.8 Å². The Bertz CT molecular complexity index is 451. The average molecular weight is 312 g/mol. The summed E-state index contributed by atoms with van der Waals surface area (Å²) < 4.78 is 1.02. The number of nitrogens with zero attached hydrogens (tertiary/aromatic N) is 1. The van der Waals surface area contributed by atoms with Gasteiger partial charge in [-0.1, -0.05) is 5.92 Å². The summed E-state index contributed by atoms with van der Waals surface area (Å²) in [5.41, 5.74) is 1.10. The van der Waals surface area contributed by atoms with E-state index in [4.69, 9.17) is 6.42 Å². The van der Waals surface area contributed by atoms with Crippen LogP contribution in [0, 0.1) is 25.2 Å². The molecule has 2 nitrogen and oxygen atoms in total. The molecule has 0 saturated heterocycles. The molecule has 1 amide bonds. The Kier molecular flexibility index (Phi) is 3.90. The van der Waals surface area contributed by atoms with Crippen LogP contribution in [0.1, 0.15) is 28.1 Å². The Labute approximate surface area is 114 Å². The van der Waals surface area contributed by atoms with E-state index < -0.39 is 0 Å². The number of carbonyl (C=O) groups excluding carboxylic acids is 1. The minimum atomic E-state index is 0.0636. The molecule has 0 unspecified atom stereocenters. The van der Waals surface area contributed by atoms with E-state index in [0.29, 0.717) is 12.5 Å². The predicted octanol–water partition coefficient (Wildman–Crippen LogP) is 3.30. The summed E-state index contributed by atoms with van der Waals surface area (Å²) in [6.07, 6.45) is 7.77. The molecule has 0 aliphatic heterocycles. The zero-order valence-electron chi connectivity index (χ0n) is 9.70. The summed E-state index contributed by atoms with van der Waals surface area (Å²) in [6, 6.07) is 1.92. The van der Waals surface area contributed by atoms with E-state index in [9.17, 15) is 4.79 Å². The molecule has 17 heavy (non-hydrogen) atoms. The van der Waals surface area contributed by atoms with Gasteiger partial charge in [0.2, 0.25) is 0 Å². The fraction of sp³-hybridized carbons (Fsp3) is 0.462. The van der Waals surface area contributed by atoms with Crippen molar-refractivity contribution in [3.63, 3.8) is 0 Å². The highest BCUT2D eigenvalue weighted by molar-refractivity contribution is 9.11. The molecule has 4 heteroatoms. The minimum Gasteiger partial charge on any atom is -0.327 e. The summed E-state index contributed by atoms with van der Waals surface area (Å²) in [6.45, 7) is 3.20. The third kappa shape index (κ3) is 3.11. The van der Waals surface area contributed by atoms with Gasteiger partial charge in [-0.2, -0.15) is 0 Å². The van der Waals surface area contributed by atoms with E-state index >= 15 is 0 Å². The number of thiophene rings is 1. The summed E-state index contributed by atoms with van der Waals surface area (Å²) in [5, 5.41) is 0. The van der Waals surface area contributed by atoms with Crippen LogP contribution in [0.2, 0.25) is 0 Å². The van der Waals surface area contributed by atoms with Crippen LogP contribution in [-0.4, -0.2) is 23.9 Å². The van der Waals surface area contributed by atoms with Crippen LogP contribution >= 0.6 is 27.3 Å². The Balaban J connectivity index is 2.11. The van der Waals surface area contributed by atoms with Crippen molar-refractivity contribution in [1.82, 2.24) is 4.90 Å². The molecule has 1 heterocycles. The first kappa shape index (κ1) is 12.7. The monoisotopic (exact) mass is 311 g/mol. The van der Waals surface area contributed by atoms with Crippen molar-refractivity contribution in [2.75, 3.05) is 13.1 Å². The van der Waals surface area contributed by atoms with Crippen LogP contribution in [0.3, 0.4) is 0 Å². The predicted molar refractivity (Wildman–Crippen MR) is 74.2 cm³/mol. The third-order valence-corrected chi connectivity index (χ3v) is 4.94. The van der Waals surface area contributed by atoms with Crippen molar-refractivity contribution < 1.29 is 4.79 Å². The summed E-state index contributed by atoms with van der Waals surface area (Å²) in [4.78, 5) is 14.8. The van der Waals surface area contributed by atoms with Gasteiger partial charge in [-0.3, -0.25) is 4.79 Å². The second-order valence-electron chi connectivity index (χ2n) is 4.40. The van der Waals surface area contributed by atoms with Crippen LogP contribution in [0.5, 0.6) is 0 Å². The summed E-state index contributed by atoms with van der Waals surface area (Å²) >= 11 is 4.92. The largest absolute Gasteiger partial charge is 0.327 e. The van der Waals surface area contributed by atoms with Crippen molar-refractivity contribution >= 4 is 33.2 Å². The van der Waals surface area contributed by atoms with Crippen molar-refractivity contribution in [2.24, 2.45) is 5.92 Å². The minimum absolute atomic E-state index is 0.0636. The number of carbonyl (C=O) groups is 1. The second-order valence-corrected chi connectivity index (χ2v) is 6.77. The van der Waals surface area contributed by atoms with Crippen molar-refractivity contribution in [1.29, 1.82) is 0 Å². The Morgan fingerprint density at radius 1 is 1.71 bits per heavy atom. The molecule has 0 aromatic carbocycles. The maximum Gasteiger partial charge on any atom is 0.264 e. The Hall–Kier alpha value is -0.790. The normalized spacial score (nSPS) is 14.4. The van der Waals surface area contributed by atoms with Gasteiger partial charge in [-0.05, 0) is 53.2 Å². The van der Waals surface area contributed by atoms with Crippen molar-refractivity contribution in [3.8, 4) is 12.3 Å². The number of hydrogen-bond donors (Lipinski definition) is 0. The highest BCUT2D eigenvalue weighted by Crippen LogP contribution is 2.32. The topological polar surface area (TPSA) is 20.3 Å². The Morgan fingerprint density at radius 3 is 2.88 bits per heavy atom. The maximum absolute atomic E-state index is 12.3. The molecule has 0 spiro atoms. The number of terminal acetylenes is 1. The van der Waals surface area contributed by atoms with Gasteiger partial charge in [-0.25, -0.2) is 0 Å². The molecular weight excluding hydrogens is 298 g/mol. The van der Waals surface area contributed by atoms with Gasteiger partial charge in [0, 0.05) is 6.54 Å². The lowest BCUT2D eigenvalue weighted by molar-refractivity contribution is 0.0774. The molecule has 0 bridgehead atoms. The van der Waals surface area contributed by atoms with E-state index in [1.807, 2.05) is 13.0 Å². The molecule has 1 aromatic heterocycles. The molecule has 1 aliphatic carbocycles. The zero-order valence-corrected chi connectivity index (χ0v) is 12.1. The number of hydrogen-bond acceptors (Lipinski definition) is 2. The molecule has 1 fully saturated rings. The second kappa shape index (κ2) is 5.24. The van der Waals surface area contributed by atoms with Crippen LogP contribution in [0.15, 0.2) is 9.85 Å². The van der Waals surface area contributed by atoms with E-state index in [-0.39, 0.29) is 5.91 Å². The number of rotatable bonds is 4. The van der Waals surface area contributed by atoms with Gasteiger partial charge in [0.1, 0.15) is 0 Å². The third-order valence-electron chi connectivity index (χ3n) is 2.81. The average Bonchev–Trinajstić information content (AvgIpc) is 3.04. The van der Waals surface area contributed by atoms with Gasteiger partial charge in [0.25, 0.3) is 5.91 Å². The zero-order chi connectivity index (χ0) is 12.4. The van der Waals surface area contributed by atoms with Gasteiger partial charge < -0.3 is 4.90 Å². The van der Waals surface area contributed by atoms with E-state index in [0.717, 1.165) is 20.8 Å². The summed E-state index contributed by atoms with van der Waals surface area (Å²) in [7, 11) is 0. The number of halogens is 1. The quantitative estimate of drug-likeness (QED) is 0.781. The Morgan fingerprint density at radius 2 is 2.41 bits per heavy atom. The first-order valence-corrected chi connectivity index (χ1v) is 7.21. The fourth-order valence-electron chi connectivity index (χ4n) is 1.66. The molecule has 90 valence electrons. The lowest BCUT2D eigenvalue weighted by atomic mass is 10.3. The van der Waals surface area contributed by atoms with Crippen LogP contribution in [-0.2, 0) is 0 Å². The first-order valence-electron chi connectivity index (χ1n) is 5.60. The highest BCUT2D eigenvalue weighted by atomic mass is 79.9. The fourth-order valence-corrected chi connectivity index (χ4v) is 3.17. The van der Waals surface area contributed by atoms with Crippen LogP contribution < -0.4 is 0 Å². The highest BCUT2D eigenvalue weighted by Gasteiger charge is 2.27. The van der Waals surface area contributed by atoms with Crippen LogP contribution in [0.4, 0.5) is 0 Å². The van der Waals surface area contributed by atoms with Crippen molar-refractivity contribution in [3.05, 3.63) is 20.3 Å². The molecule has 0 atom stereocenters.